The molecule has 0 saturated heterocycles. The van der Waals surface area contributed by atoms with Gasteiger partial charge in [0.15, 0.2) is 0 Å². The number of aliphatic hydroxyl groups excluding tert-OH is 1. The van der Waals surface area contributed by atoms with E-state index in [-0.39, 0.29) is 18.5 Å². The highest BCUT2D eigenvalue weighted by Gasteiger charge is 2.26. The molecule has 1 aliphatic heterocycles. The first-order chi connectivity index (χ1) is 16.5. The highest BCUT2D eigenvalue weighted by Crippen LogP contribution is 2.21. The van der Waals surface area contributed by atoms with Gasteiger partial charge in [0, 0.05) is 31.1 Å². The lowest BCUT2D eigenvalue weighted by Crippen LogP contribution is -2.39. The lowest BCUT2D eigenvalue weighted by molar-refractivity contribution is 0.0212. The van der Waals surface area contributed by atoms with Crippen molar-refractivity contribution in [1.29, 1.82) is 0 Å². The molecule has 7 heteroatoms. The van der Waals surface area contributed by atoms with Crippen molar-refractivity contribution in [2.24, 2.45) is 5.16 Å². The summed E-state index contributed by atoms with van der Waals surface area (Å²) in [5.74, 6) is 0.480. The first-order valence-corrected chi connectivity index (χ1v) is 11.7. The van der Waals surface area contributed by atoms with Gasteiger partial charge in [-0.15, -0.1) is 0 Å². The number of oxime groups is 1. The molecule has 0 bridgehead atoms. The third-order valence-electron chi connectivity index (χ3n) is 5.66. The molecule has 0 radical (unpaired) electrons. The SMILES string of the molecule is Cc1ccccc1OC[C@H](O)CN(Cc1cccc(Cl)c1)C[C@@H]1CC(c2ccc(F)cc2)=NO1. The van der Waals surface area contributed by atoms with Crippen LogP contribution in [-0.4, -0.2) is 47.6 Å². The van der Waals surface area contributed by atoms with E-state index in [9.17, 15) is 9.50 Å². The van der Waals surface area contributed by atoms with Gasteiger partial charge < -0.3 is 14.7 Å². The van der Waals surface area contributed by atoms with E-state index >= 15 is 0 Å². The Labute approximate surface area is 204 Å². The van der Waals surface area contributed by atoms with Crippen LogP contribution < -0.4 is 4.74 Å². The Kier molecular flexibility index (Phi) is 8.16. The van der Waals surface area contributed by atoms with E-state index in [1.807, 2.05) is 55.5 Å². The molecule has 1 N–H and O–H groups in total. The zero-order valence-corrected chi connectivity index (χ0v) is 19.8. The van der Waals surface area contributed by atoms with Crippen LogP contribution >= 0.6 is 11.6 Å². The van der Waals surface area contributed by atoms with Crippen LogP contribution in [0.25, 0.3) is 0 Å². The fraction of sp³-hybridized carbons (Fsp3) is 0.296. The number of hydrogen-bond acceptors (Lipinski definition) is 5. The Morgan fingerprint density at radius 1 is 1.15 bits per heavy atom. The molecule has 0 amide bonds. The van der Waals surface area contributed by atoms with Gasteiger partial charge in [0.1, 0.15) is 30.4 Å². The molecule has 178 valence electrons. The Morgan fingerprint density at radius 3 is 2.71 bits per heavy atom. The minimum atomic E-state index is -0.697. The van der Waals surface area contributed by atoms with Gasteiger partial charge in [0.2, 0.25) is 0 Å². The molecule has 0 fully saturated rings. The van der Waals surface area contributed by atoms with E-state index in [0.717, 1.165) is 28.2 Å². The van der Waals surface area contributed by atoms with Gasteiger partial charge in [-0.25, -0.2) is 4.39 Å². The van der Waals surface area contributed by atoms with Crippen LogP contribution in [0.5, 0.6) is 5.75 Å². The van der Waals surface area contributed by atoms with Crippen molar-refractivity contribution in [2.75, 3.05) is 19.7 Å². The van der Waals surface area contributed by atoms with Crippen LogP contribution in [0, 0.1) is 12.7 Å². The average molecular weight is 483 g/mol. The van der Waals surface area contributed by atoms with Gasteiger partial charge in [-0.1, -0.05) is 59.2 Å². The number of benzene rings is 3. The van der Waals surface area contributed by atoms with E-state index in [2.05, 4.69) is 10.1 Å². The van der Waals surface area contributed by atoms with Gasteiger partial charge in [-0.2, -0.15) is 0 Å². The fourth-order valence-electron chi connectivity index (χ4n) is 3.98. The molecule has 5 nitrogen and oxygen atoms in total. The summed E-state index contributed by atoms with van der Waals surface area (Å²) in [4.78, 5) is 7.80. The predicted molar refractivity (Wildman–Crippen MR) is 132 cm³/mol. The summed E-state index contributed by atoms with van der Waals surface area (Å²) < 4.78 is 19.1. The fourth-order valence-corrected chi connectivity index (χ4v) is 4.19. The zero-order valence-electron chi connectivity index (χ0n) is 19.0. The summed E-state index contributed by atoms with van der Waals surface area (Å²) in [7, 11) is 0. The molecule has 3 aromatic rings. The second-order valence-corrected chi connectivity index (χ2v) is 8.97. The quantitative estimate of drug-likeness (QED) is 0.430. The molecule has 0 saturated carbocycles. The monoisotopic (exact) mass is 482 g/mol. The van der Waals surface area contributed by atoms with Gasteiger partial charge in [-0.05, 0) is 53.9 Å². The standard InChI is InChI=1S/C27H28ClFN2O3/c1-19-5-2-3-8-27(19)33-18-24(32)16-31(15-20-6-4-7-22(28)13-20)17-25-14-26(30-34-25)21-9-11-23(29)12-10-21/h2-13,24-25,32H,14-18H2,1H3/t24-,25+/m1/s1. The van der Waals surface area contributed by atoms with Crippen molar-refractivity contribution < 1.29 is 19.1 Å². The normalized spacial score (nSPS) is 16.3. The summed E-state index contributed by atoms with van der Waals surface area (Å²) in [6.45, 7) is 3.70. The molecule has 0 aromatic heterocycles. The highest BCUT2D eigenvalue weighted by atomic mass is 35.5. The molecular formula is C27H28ClFN2O3. The summed E-state index contributed by atoms with van der Waals surface area (Å²) >= 11 is 6.18. The van der Waals surface area contributed by atoms with Gasteiger partial charge >= 0.3 is 0 Å². The van der Waals surface area contributed by atoms with Crippen LogP contribution in [0.15, 0.2) is 78.0 Å². The van der Waals surface area contributed by atoms with Crippen molar-refractivity contribution in [2.45, 2.75) is 32.1 Å². The van der Waals surface area contributed by atoms with Crippen LogP contribution in [0.2, 0.25) is 5.02 Å². The van der Waals surface area contributed by atoms with E-state index in [1.54, 1.807) is 12.1 Å². The summed E-state index contributed by atoms with van der Waals surface area (Å²) in [5.41, 5.74) is 3.70. The van der Waals surface area contributed by atoms with Crippen molar-refractivity contribution >= 4 is 17.3 Å². The first-order valence-electron chi connectivity index (χ1n) is 11.3. The summed E-state index contributed by atoms with van der Waals surface area (Å²) in [5, 5.41) is 15.6. The Morgan fingerprint density at radius 2 is 1.94 bits per heavy atom. The van der Waals surface area contributed by atoms with E-state index in [0.29, 0.717) is 31.1 Å². The van der Waals surface area contributed by atoms with Crippen molar-refractivity contribution in [3.63, 3.8) is 0 Å². The number of rotatable bonds is 10. The van der Waals surface area contributed by atoms with Crippen molar-refractivity contribution in [3.05, 3.63) is 100 Å². The van der Waals surface area contributed by atoms with Crippen LogP contribution in [0.3, 0.4) is 0 Å². The number of aryl methyl sites for hydroxylation is 1. The van der Waals surface area contributed by atoms with Crippen LogP contribution in [-0.2, 0) is 11.4 Å². The third kappa shape index (κ3) is 6.79. The summed E-state index contributed by atoms with van der Waals surface area (Å²) in [6, 6.07) is 21.7. The largest absolute Gasteiger partial charge is 0.491 e. The Balaban J connectivity index is 1.38. The smallest absolute Gasteiger partial charge is 0.145 e. The molecule has 0 unspecified atom stereocenters. The Bertz CT molecular complexity index is 1120. The van der Waals surface area contributed by atoms with Crippen LogP contribution in [0.4, 0.5) is 4.39 Å². The molecule has 4 rings (SSSR count). The minimum Gasteiger partial charge on any atom is -0.491 e. The molecule has 2 atom stereocenters. The van der Waals surface area contributed by atoms with Gasteiger partial charge in [0.05, 0.1) is 5.71 Å². The van der Waals surface area contributed by atoms with E-state index < -0.39 is 6.10 Å². The topological polar surface area (TPSA) is 54.3 Å². The minimum absolute atomic E-state index is 0.177. The van der Waals surface area contributed by atoms with E-state index in [4.69, 9.17) is 21.2 Å². The number of ether oxygens (including phenoxy) is 1. The maximum atomic E-state index is 13.3. The zero-order chi connectivity index (χ0) is 23.9. The first kappa shape index (κ1) is 24.2. The second kappa shape index (κ2) is 11.5. The number of aliphatic hydroxyl groups is 1. The van der Waals surface area contributed by atoms with Crippen LogP contribution in [0.1, 0.15) is 23.1 Å². The Hall–Kier alpha value is -2.93. The molecule has 3 aromatic carbocycles. The lowest BCUT2D eigenvalue weighted by atomic mass is 10.0. The maximum absolute atomic E-state index is 13.3. The van der Waals surface area contributed by atoms with Gasteiger partial charge in [-0.3, -0.25) is 4.90 Å². The van der Waals surface area contributed by atoms with Crippen molar-refractivity contribution in [1.82, 2.24) is 4.90 Å². The van der Waals surface area contributed by atoms with Gasteiger partial charge in [0.25, 0.3) is 0 Å². The van der Waals surface area contributed by atoms with Crippen molar-refractivity contribution in [3.8, 4) is 5.75 Å². The second-order valence-electron chi connectivity index (χ2n) is 8.53. The summed E-state index contributed by atoms with van der Waals surface area (Å²) in [6.07, 6.45) is -0.269. The number of para-hydroxylation sites is 1. The molecule has 0 aliphatic carbocycles. The van der Waals surface area contributed by atoms with E-state index in [1.165, 1.54) is 12.1 Å². The number of halogens is 2. The molecule has 1 heterocycles. The third-order valence-corrected chi connectivity index (χ3v) is 5.90. The number of hydrogen-bond donors (Lipinski definition) is 1. The molecule has 34 heavy (non-hydrogen) atoms. The average Bonchev–Trinajstić information content (AvgIpc) is 3.27. The molecule has 0 spiro atoms. The molecular weight excluding hydrogens is 455 g/mol. The maximum Gasteiger partial charge on any atom is 0.145 e. The lowest BCUT2D eigenvalue weighted by Gasteiger charge is -2.27. The predicted octanol–water partition coefficient (Wildman–Crippen LogP) is 5.22. The number of nitrogens with zero attached hydrogens (tertiary/aromatic N) is 2. The molecule has 1 aliphatic rings. The highest BCUT2D eigenvalue weighted by molar-refractivity contribution is 6.30.